The van der Waals surface area contributed by atoms with Gasteiger partial charge in [0.2, 0.25) is 0 Å². The first kappa shape index (κ1) is 15.4. The molecule has 21 heavy (non-hydrogen) atoms. The van der Waals surface area contributed by atoms with Gasteiger partial charge in [-0.15, -0.1) is 0 Å². The number of urea groups is 1. The second-order valence-electron chi connectivity index (χ2n) is 5.42. The summed E-state index contributed by atoms with van der Waals surface area (Å²) in [5.41, 5.74) is 2.53. The van der Waals surface area contributed by atoms with Crippen LogP contribution in [0.1, 0.15) is 43.2 Å². The molecule has 0 radical (unpaired) electrons. The molecule has 4 nitrogen and oxygen atoms in total. The van der Waals surface area contributed by atoms with Gasteiger partial charge in [0, 0.05) is 17.3 Å². The van der Waals surface area contributed by atoms with Crippen molar-refractivity contribution in [2.24, 2.45) is 0 Å². The van der Waals surface area contributed by atoms with E-state index in [4.69, 9.17) is 5.11 Å². The van der Waals surface area contributed by atoms with Crippen LogP contribution in [-0.2, 0) is 0 Å². The lowest BCUT2D eigenvalue weighted by atomic mass is 9.96. The van der Waals surface area contributed by atoms with E-state index in [1.54, 1.807) is 0 Å². The number of aliphatic hydroxyl groups excluding tert-OH is 1. The number of carbonyl (C=O) groups excluding carboxylic acids is 1. The molecule has 1 aliphatic carbocycles. The molecule has 0 aromatic heterocycles. The highest BCUT2D eigenvalue weighted by molar-refractivity contribution is 5.90. The number of hydrogen-bond acceptors (Lipinski definition) is 2. The smallest absolute Gasteiger partial charge is 0.319 e. The zero-order valence-electron chi connectivity index (χ0n) is 12.4. The molecular formula is C17H22N2O2. The number of amides is 2. The van der Waals surface area contributed by atoms with E-state index < -0.39 is 0 Å². The van der Waals surface area contributed by atoms with E-state index in [1.807, 2.05) is 25.1 Å². The number of aryl methyl sites for hydroxylation is 1. The van der Waals surface area contributed by atoms with Gasteiger partial charge in [0.1, 0.15) is 6.61 Å². The van der Waals surface area contributed by atoms with Crippen LogP contribution in [0.5, 0.6) is 0 Å². The number of benzene rings is 1. The van der Waals surface area contributed by atoms with Crippen molar-refractivity contribution in [2.45, 2.75) is 45.1 Å². The lowest BCUT2D eigenvalue weighted by molar-refractivity contribution is 0.244. The number of hydrogen-bond donors (Lipinski definition) is 3. The lowest BCUT2D eigenvalue weighted by Gasteiger charge is -2.23. The second-order valence-corrected chi connectivity index (χ2v) is 5.42. The molecule has 0 bridgehead atoms. The highest BCUT2D eigenvalue weighted by Crippen LogP contribution is 2.19. The largest absolute Gasteiger partial charge is 0.384 e. The van der Waals surface area contributed by atoms with E-state index in [0.717, 1.165) is 29.7 Å². The number of nitrogens with one attached hydrogen (secondary N) is 2. The fourth-order valence-electron chi connectivity index (χ4n) is 2.57. The summed E-state index contributed by atoms with van der Waals surface area (Å²) in [5.74, 6) is 5.45. The normalized spacial score (nSPS) is 15.0. The molecule has 0 atom stereocenters. The van der Waals surface area contributed by atoms with Gasteiger partial charge in [0.15, 0.2) is 0 Å². The van der Waals surface area contributed by atoms with Crippen molar-refractivity contribution >= 4 is 11.7 Å². The Morgan fingerprint density at radius 3 is 2.81 bits per heavy atom. The number of anilines is 1. The minimum absolute atomic E-state index is 0.155. The van der Waals surface area contributed by atoms with Gasteiger partial charge in [0.05, 0.1) is 0 Å². The first-order chi connectivity index (χ1) is 10.2. The molecule has 0 aliphatic heterocycles. The Bertz CT molecular complexity index is 552. The summed E-state index contributed by atoms with van der Waals surface area (Å²) in [6, 6.07) is 5.76. The summed E-state index contributed by atoms with van der Waals surface area (Å²) in [7, 11) is 0. The molecule has 1 aromatic rings. The standard InChI is InChI=1S/C17H22N2O2/c1-13-9-10-14(6-5-11-20)12-16(13)19-17(21)18-15-7-3-2-4-8-15/h9-10,12,15,20H,2-4,7-8,11H2,1H3,(H2,18,19,21). The van der Waals surface area contributed by atoms with Crippen LogP contribution in [0.25, 0.3) is 0 Å². The maximum atomic E-state index is 12.1. The second kappa shape index (κ2) is 7.70. The maximum absolute atomic E-state index is 12.1. The van der Waals surface area contributed by atoms with Gasteiger partial charge in [-0.1, -0.05) is 37.2 Å². The predicted molar refractivity (Wildman–Crippen MR) is 84.2 cm³/mol. The fourth-order valence-corrected chi connectivity index (χ4v) is 2.57. The van der Waals surface area contributed by atoms with Gasteiger partial charge in [-0.2, -0.15) is 0 Å². The van der Waals surface area contributed by atoms with Gasteiger partial charge in [-0.3, -0.25) is 0 Å². The summed E-state index contributed by atoms with van der Waals surface area (Å²) in [6.07, 6.45) is 5.78. The van der Waals surface area contributed by atoms with Gasteiger partial charge >= 0.3 is 6.03 Å². The SMILES string of the molecule is Cc1ccc(C#CCO)cc1NC(=O)NC1CCCCC1. The molecule has 1 saturated carbocycles. The van der Waals surface area contributed by atoms with Crippen LogP contribution in [0.15, 0.2) is 18.2 Å². The number of carbonyl (C=O) groups is 1. The first-order valence-corrected chi connectivity index (χ1v) is 7.47. The summed E-state index contributed by atoms with van der Waals surface area (Å²) < 4.78 is 0. The van der Waals surface area contributed by atoms with Crippen molar-refractivity contribution in [3.05, 3.63) is 29.3 Å². The van der Waals surface area contributed by atoms with Crippen molar-refractivity contribution in [1.29, 1.82) is 0 Å². The van der Waals surface area contributed by atoms with Gasteiger partial charge in [0.25, 0.3) is 0 Å². The zero-order valence-corrected chi connectivity index (χ0v) is 12.4. The summed E-state index contributed by atoms with van der Waals surface area (Å²) in [6.45, 7) is 1.78. The topological polar surface area (TPSA) is 61.4 Å². The van der Waals surface area contributed by atoms with Crippen LogP contribution in [0.3, 0.4) is 0 Å². The van der Waals surface area contributed by atoms with Crippen LogP contribution in [-0.4, -0.2) is 23.8 Å². The molecule has 0 spiro atoms. The Labute approximate surface area is 125 Å². The quantitative estimate of drug-likeness (QED) is 0.732. The third-order valence-corrected chi connectivity index (χ3v) is 3.74. The minimum Gasteiger partial charge on any atom is -0.384 e. The summed E-state index contributed by atoms with van der Waals surface area (Å²) in [4.78, 5) is 12.1. The molecule has 1 aromatic carbocycles. The molecule has 112 valence electrons. The average Bonchev–Trinajstić information content (AvgIpc) is 2.49. The molecule has 0 saturated heterocycles. The average molecular weight is 286 g/mol. The minimum atomic E-state index is -0.168. The molecule has 2 amide bonds. The Balaban J connectivity index is 1.98. The molecule has 1 aliphatic rings. The Morgan fingerprint density at radius 1 is 1.33 bits per heavy atom. The van der Waals surface area contributed by atoms with Crippen LogP contribution in [0.2, 0.25) is 0 Å². The van der Waals surface area contributed by atoms with E-state index >= 15 is 0 Å². The van der Waals surface area contributed by atoms with Crippen molar-refractivity contribution in [3.8, 4) is 11.8 Å². The Kier molecular flexibility index (Phi) is 5.65. The van der Waals surface area contributed by atoms with Gasteiger partial charge in [-0.05, 0) is 37.5 Å². The highest BCUT2D eigenvalue weighted by Gasteiger charge is 2.15. The van der Waals surface area contributed by atoms with Crippen molar-refractivity contribution in [2.75, 3.05) is 11.9 Å². The molecule has 4 heteroatoms. The monoisotopic (exact) mass is 286 g/mol. The van der Waals surface area contributed by atoms with E-state index in [1.165, 1.54) is 19.3 Å². The fraction of sp³-hybridized carbons (Fsp3) is 0.471. The van der Waals surface area contributed by atoms with Crippen LogP contribution < -0.4 is 10.6 Å². The van der Waals surface area contributed by atoms with Gasteiger partial charge in [-0.25, -0.2) is 4.79 Å². The maximum Gasteiger partial charge on any atom is 0.319 e. The van der Waals surface area contributed by atoms with E-state index in [-0.39, 0.29) is 18.7 Å². The Morgan fingerprint density at radius 2 is 2.10 bits per heavy atom. The molecule has 1 fully saturated rings. The molecule has 2 rings (SSSR count). The predicted octanol–water partition coefficient (Wildman–Crippen LogP) is 2.79. The summed E-state index contributed by atoms with van der Waals surface area (Å²) in [5, 5.41) is 14.7. The number of aliphatic hydroxyl groups is 1. The first-order valence-electron chi connectivity index (χ1n) is 7.47. The van der Waals surface area contributed by atoms with Crippen LogP contribution >= 0.6 is 0 Å². The summed E-state index contributed by atoms with van der Waals surface area (Å²) >= 11 is 0. The van der Waals surface area contributed by atoms with Crippen LogP contribution in [0.4, 0.5) is 10.5 Å². The third-order valence-electron chi connectivity index (χ3n) is 3.74. The molecule has 3 N–H and O–H groups in total. The van der Waals surface area contributed by atoms with Crippen LogP contribution in [0, 0.1) is 18.8 Å². The van der Waals surface area contributed by atoms with E-state index in [9.17, 15) is 4.79 Å². The Hall–Kier alpha value is -1.99. The zero-order chi connectivity index (χ0) is 15.1. The van der Waals surface area contributed by atoms with Crippen molar-refractivity contribution in [1.82, 2.24) is 5.32 Å². The van der Waals surface area contributed by atoms with E-state index in [0.29, 0.717) is 0 Å². The highest BCUT2D eigenvalue weighted by atomic mass is 16.2. The number of rotatable bonds is 2. The van der Waals surface area contributed by atoms with Crippen molar-refractivity contribution in [3.63, 3.8) is 0 Å². The third kappa shape index (κ3) is 4.80. The lowest BCUT2D eigenvalue weighted by Crippen LogP contribution is -2.39. The molecule has 0 unspecified atom stereocenters. The van der Waals surface area contributed by atoms with Crippen molar-refractivity contribution < 1.29 is 9.90 Å². The molecular weight excluding hydrogens is 264 g/mol. The molecule has 0 heterocycles. The van der Waals surface area contributed by atoms with Gasteiger partial charge < -0.3 is 15.7 Å². The van der Waals surface area contributed by atoms with E-state index in [2.05, 4.69) is 22.5 Å².